The average Bonchev–Trinajstić information content (AvgIpc) is 3.36. The van der Waals surface area contributed by atoms with Crippen molar-refractivity contribution in [1.29, 1.82) is 0 Å². The van der Waals surface area contributed by atoms with Crippen molar-refractivity contribution in [3.05, 3.63) is 54.7 Å². The molecule has 4 aromatic rings. The van der Waals surface area contributed by atoms with Gasteiger partial charge in [0, 0.05) is 35.9 Å². The van der Waals surface area contributed by atoms with E-state index >= 15 is 0 Å². The standard InChI is InChI=1S/C24H27N9O/c1-15(2)33-14-17(11-28-33)24(34)32-22-9-20-16(10-27-22)3-4-19(30-20)21-12-26-13-23(31-21)29-18-5-7-25-8-6-18/h3-4,9-15,18,25H,5-8H2,1-2H3,(H,29,31)(H,27,32,34). The number of anilines is 2. The highest BCUT2D eigenvalue weighted by Crippen LogP contribution is 2.22. The Kier molecular flexibility index (Phi) is 6.13. The molecule has 10 heteroatoms. The molecular weight excluding hydrogens is 430 g/mol. The number of aromatic nitrogens is 6. The zero-order chi connectivity index (χ0) is 23.5. The Hall–Kier alpha value is -3.92. The number of carbonyl (C=O) groups excluding carboxylic acids is 1. The molecule has 0 atom stereocenters. The van der Waals surface area contributed by atoms with Crippen LogP contribution in [-0.2, 0) is 0 Å². The van der Waals surface area contributed by atoms with Crippen LogP contribution < -0.4 is 16.0 Å². The number of hydrogen-bond acceptors (Lipinski definition) is 8. The van der Waals surface area contributed by atoms with Gasteiger partial charge in [-0.15, -0.1) is 0 Å². The van der Waals surface area contributed by atoms with E-state index < -0.39 is 0 Å². The SMILES string of the molecule is CC(C)n1cc(C(=O)Nc2cc3nc(-c4cncc(NC5CCNCC5)n4)ccc3cn2)cn1. The van der Waals surface area contributed by atoms with Gasteiger partial charge in [-0.2, -0.15) is 5.10 Å². The van der Waals surface area contributed by atoms with E-state index in [9.17, 15) is 4.79 Å². The highest BCUT2D eigenvalue weighted by molar-refractivity contribution is 6.04. The zero-order valence-electron chi connectivity index (χ0n) is 19.2. The topological polar surface area (TPSA) is 123 Å². The van der Waals surface area contributed by atoms with Crippen LogP contribution in [0, 0.1) is 0 Å². The molecule has 5 heterocycles. The molecule has 1 aliphatic heterocycles. The average molecular weight is 458 g/mol. The van der Waals surface area contributed by atoms with Gasteiger partial charge in [-0.05, 0) is 51.9 Å². The van der Waals surface area contributed by atoms with Crippen molar-refractivity contribution in [3.63, 3.8) is 0 Å². The third kappa shape index (κ3) is 4.86. The maximum absolute atomic E-state index is 12.6. The molecule has 1 saturated heterocycles. The van der Waals surface area contributed by atoms with E-state index in [0.717, 1.165) is 37.1 Å². The van der Waals surface area contributed by atoms with Gasteiger partial charge in [-0.1, -0.05) is 0 Å². The Morgan fingerprint density at radius 3 is 2.71 bits per heavy atom. The summed E-state index contributed by atoms with van der Waals surface area (Å²) in [7, 11) is 0. The number of nitrogens with one attached hydrogen (secondary N) is 3. The first-order valence-electron chi connectivity index (χ1n) is 11.5. The van der Waals surface area contributed by atoms with Crippen molar-refractivity contribution in [3.8, 4) is 11.4 Å². The van der Waals surface area contributed by atoms with Gasteiger partial charge in [-0.25, -0.2) is 15.0 Å². The molecule has 1 aliphatic rings. The minimum Gasteiger partial charge on any atom is -0.366 e. The summed E-state index contributed by atoms with van der Waals surface area (Å²) in [6, 6.07) is 6.17. The number of hydrogen-bond donors (Lipinski definition) is 3. The van der Waals surface area contributed by atoms with E-state index in [1.54, 1.807) is 41.7 Å². The molecule has 0 bridgehead atoms. The lowest BCUT2D eigenvalue weighted by Gasteiger charge is -2.24. The third-order valence-electron chi connectivity index (χ3n) is 5.80. The second kappa shape index (κ2) is 9.52. The second-order valence-electron chi connectivity index (χ2n) is 8.67. The number of pyridine rings is 2. The van der Waals surface area contributed by atoms with Gasteiger partial charge in [0.15, 0.2) is 0 Å². The largest absolute Gasteiger partial charge is 0.366 e. The van der Waals surface area contributed by atoms with Crippen molar-refractivity contribution < 1.29 is 4.79 Å². The van der Waals surface area contributed by atoms with Crippen LogP contribution in [0.3, 0.4) is 0 Å². The summed E-state index contributed by atoms with van der Waals surface area (Å²) >= 11 is 0. The first kappa shape index (κ1) is 21.9. The molecule has 0 radical (unpaired) electrons. The molecule has 3 N–H and O–H groups in total. The van der Waals surface area contributed by atoms with Crippen LogP contribution in [0.15, 0.2) is 49.2 Å². The summed E-state index contributed by atoms with van der Waals surface area (Å²) in [5, 5.41) is 14.8. The van der Waals surface area contributed by atoms with Gasteiger partial charge in [-0.3, -0.25) is 14.5 Å². The van der Waals surface area contributed by atoms with Gasteiger partial charge in [0.1, 0.15) is 17.3 Å². The number of nitrogens with zero attached hydrogens (tertiary/aromatic N) is 6. The summed E-state index contributed by atoms with van der Waals surface area (Å²) in [5.74, 6) is 0.903. The van der Waals surface area contributed by atoms with E-state index in [1.165, 1.54) is 0 Å². The molecule has 0 aliphatic carbocycles. The number of piperidine rings is 1. The Morgan fingerprint density at radius 1 is 1.06 bits per heavy atom. The summed E-state index contributed by atoms with van der Waals surface area (Å²) in [6.45, 7) is 6.02. The molecule has 174 valence electrons. The van der Waals surface area contributed by atoms with Crippen molar-refractivity contribution in [2.75, 3.05) is 23.7 Å². The first-order chi connectivity index (χ1) is 16.5. The van der Waals surface area contributed by atoms with Gasteiger partial charge in [0.05, 0.1) is 35.4 Å². The molecule has 4 aromatic heterocycles. The summed E-state index contributed by atoms with van der Waals surface area (Å²) in [4.78, 5) is 30.8. The monoisotopic (exact) mass is 457 g/mol. The number of carbonyl (C=O) groups is 1. The zero-order valence-corrected chi connectivity index (χ0v) is 19.2. The second-order valence-corrected chi connectivity index (χ2v) is 8.67. The van der Waals surface area contributed by atoms with Gasteiger partial charge in [0.2, 0.25) is 0 Å². The van der Waals surface area contributed by atoms with Crippen LogP contribution >= 0.6 is 0 Å². The smallest absolute Gasteiger partial charge is 0.260 e. The highest BCUT2D eigenvalue weighted by Gasteiger charge is 2.15. The first-order valence-corrected chi connectivity index (χ1v) is 11.5. The molecule has 0 spiro atoms. The van der Waals surface area contributed by atoms with Crippen molar-refractivity contribution in [2.24, 2.45) is 0 Å². The molecule has 0 unspecified atom stereocenters. The Bertz CT molecular complexity index is 1310. The molecule has 0 aromatic carbocycles. The molecule has 1 fully saturated rings. The molecule has 34 heavy (non-hydrogen) atoms. The van der Waals surface area contributed by atoms with Crippen LogP contribution in [0.4, 0.5) is 11.6 Å². The van der Waals surface area contributed by atoms with Gasteiger partial charge in [0.25, 0.3) is 5.91 Å². The predicted molar refractivity (Wildman–Crippen MR) is 131 cm³/mol. The van der Waals surface area contributed by atoms with Crippen LogP contribution in [-0.4, -0.2) is 54.8 Å². The normalized spacial score (nSPS) is 14.4. The fourth-order valence-electron chi connectivity index (χ4n) is 3.89. The molecule has 10 nitrogen and oxygen atoms in total. The molecule has 5 rings (SSSR count). The minimum absolute atomic E-state index is 0.180. The quantitative estimate of drug-likeness (QED) is 0.403. The number of rotatable bonds is 6. The van der Waals surface area contributed by atoms with Crippen LogP contribution in [0.5, 0.6) is 0 Å². The Labute approximate surface area is 197 Å². The fourth-order valence-corrected chi connectivity index (χ4v) is 3.89. The molecule has 1 amide bonds. The van der Waals surface area contributed by atoms with Crippen molar-refractivity contribution in [2.45, 2.75) is 38.8 Å². The van der Waals surface area contributed by atoms with E-state index in [2.05, 4.69) is 31.0 Å². The number of fused-ring (bicyclic) bond motifs is 1. The third-order valence-corrected chi connectivity index (χ3v) is 5.80. The van der Waals surface area contributed by atoms with E-state index in [0.29, 0.717) is 34.3 Å². The Balaban J connectivity index is 1.35. The van der Waals surface area contributed by atoms with Crippen LogP contribution in [0.1, 0.15) is 43.1 Å². The maximum atomic E-state index is 12.6. The van der Waals surface area contributed by atoms with Crippen LogP contribution in [0.25, 0.3) is 22.3 Å². The molecule has 0 saturated carbocycles. The predicted octanol–water partition coefficient (Wildman–Crippen LogP) is 3.28. The lowest BCUT2D eigenvalue weighted by molar-refractivity contribution is 0.102. The maximum Gasteiger partial charge on any atom is 0.260 e. The van der Waals surface area contributed by atoms with E-state index in [-0.39, 0.29) is 11.9 Å². The number of amides is 1. The summed E-state index contributed by atoms with van der Waals surface area (Å²) in [5.41, 5.74) is 2.57. The lowest BCUT2D eigenvalue weighted by Crippen LogP contribution is -2.35. The van der Waals surface area contributed by atoms with Gasteiger partial charge < -0.3 is 16.0 Å². The van der Waals surface area contributed by atoms with Crippen LogP contribution in [0.2, 0.25) is 0 Å². The summed E-state index contributed by atoms with van der Waals surface area (Å²) in [6.07, 6.45) is 10.5. The fraction of sp³-hybridized carbons (Fsp3) is 0.333. The minimum atomic E-state index is -0.266. The van der Waals surface area contributed by atoms with E-state index in [1.807, 2.05) is 26.0 Å². The summed E-state index contributed by atoms with van der Waals surface area (Å²) < 4.78 is 1.74. The van der Waals surface area contributed by atoms with Crippen molar-refractivity contribution in [1.82, 2.24) is 35.0 Å². The Morgan fingerprint density at radius 2 is 1.91 bits per heavy atom. The highest BCUT2D eigenvalue weighted by atomic mass is 16.1. The lowest BCUT2D eigenvalue weighted by atomic mass is 10.1. The van der Waals surface area contributed by atoms with E-state index in [4.69, 9.17) is 9.97 Å². The van der Waals surface area contributed by atoms with Crippen molar-refractivity contribution >= 4 is 28.4 Å². The molecular formula is C24H27N9O. The van der Waals surface area contributed by atoms with Gasteiger partial charge >= 0.3 is 0 Å².